The van der Waals surface area contributed by atoms with E-state index in [0.717, 1.165) is 24.0 Å². The van der Waals surface area contributed by atoms with Gasteiger partial charge in [-0.2, -0.15) is 5.10 Å². The van der Waals surface area contributed by atoms with Crippen molar-refractivity contribution in [2.24, 2.45) is 7.05 Å². The number of hydrogen-bond acceptors (Lipinski definition) is 2. The quantitative estimate of drug-likeness (QED) is 0.881. The first-order chi connectivity index (χ1) is 8.69. The number of rotatable bonds is 5. The molecule has 96 valence electrons. The molecular formula is C14H17FN2O. The third-order valence-electron chi connectivity index (χ3n) is 3.10. The first-order valence-corrected chi connectivity index (χ1v) is 6.03. The molecule has 1 unspecified atom stereocenters. The molecule has 0 aliphatic heterocycles. The minimum Gasteiger partial charge on any atom is -0.396 e. The second kappa shape index (κ2) is 5.78. The average molecular weight is 248 g/mol. The summed E-state index contributed by atoms with van der Waals surface area (Å²) in [6.07, 6.45) is 5.49. The Labute approximate surface area is 106 Å². The van der Waals surface area contributed by atoms with Gasteiger partial charge >= 0.3 is 0 Å². The van der Waals surface area contributed by atoms with Crippen LogP contribution < -0.4 is 0 Å². The Hall–Kier alpha value is -1.68. The van der Waals surface area contributed by atoms with Gasteiger partial charge in [-0.05, 0) is 36.1 Å². The van der Waals surface area contributed by atoms with Gasteiger partial charge in [0.25, 0.3) is 0 Å². The van der Waals surface area contributed by atoms with E-state index in [9.17, 15) is 9.50 Å². The molecule has 0 fully saturated rings. The van der Waals surface area contributed by atoms with Crippen molar-refractivity contribution in [1.82, 2.24) is 9.78 Å². The fourth-order valence-corrected chi connectivity index (χ4v) is 2.04. The lowest BCUT2D eigenvalue weighted by Crippen LogP contribution is -2.05. The summed E-state index contributed by atoms with van der Waals surface area (Å²) in [5, 5.41) is 13.5. The number of aryl methyl sites for hydroxylation is 2. The average Bonchev–Trinajstić information content (AvgIpc) is 2.78. The molecule has 0 bridgehead atoms. The SMILES string of the molecule is Cn1cc(CCC(CO)c2ccc(F)cc2)cn1. The highest BCUT2D eigenvalue weighted by Crippen LogP contribution is 2.21. The molecule has 1 aromatic carbocycles. The zero-order valence-electron chi connectivity index (χ0n) is 10.4. The van der Waals surface area contributed by atoms with E-state index in [2.05, 4.69) is 5.10 Å². The molecule has 0 aliphatic carbocycles. The van der Waals surface area contributed by atoms with Crippen LogP contribution in [0.3, 0.4) is 0 Å². The maximum atomic E-state index is 12.8. The lowest BCUT2D eigenvalue weighted by Gasteiger charge is -2.13. The Morgan fingerprint density at radius 2 is 2.06 bits per heavy atom. The van der Waals surface area contributed by atoms with Crippen LogP contribution >= 0.6 is 0 Å². The molecule has 0 radical (unpaired) electrons. The predicted molar refractivity (Wildman–Crippen MR) is 67.8 cm³/mol. The van der Waals surface area contributed by atoms with E-state index < -0.39 is 0 Å². The van der Waals surface area contributed by atoms with Gasteiger partial charge in [0.15, 0.2) is 0 Å². The van der Waals surface area contributed by atoms with Crippen LogP contribution in [0.5, 0.6) is 0 Å². The maximum Gasteiger partial charge on any atom is 0.123 e. The highest BCUT2D eigenvalue weighted by Gasteiger charge is 2.11. The third kappa shape index (κ3) is 3.17. The lowest BCUT2D eigenvalue weighted by molar-refractivity contribution is 0.259. The van der Waals surface area contributed by atoms with Crippen molar-refractivity contribution in [3.05, 3.63) is 53.6 Å². The van der Waals surface area contributed by atoms with Crippen LogP contribution in [0.25, 0.3) is 0 Å². The van der Waals surface area contributed by atoms with Crippen molar-refractivity contribution in [2.45, 2.75) is 18.8 Å². The van der Waals surface area contributed by atoms with Gasteiger partial charge in [-0.1, -0.05) is 12.1 Å². The molecule has 0 saturated carbocycles. The summed E-state index contributed by atoms with van der Waals surface area (Å²) in [7, 11) is 1.88. The van der Waals surface area contributed by atoms with Crippen LogP contribution in [-0.4, -0.2) is 21.5 Å². The molecule has 0 spiro atoms. The second-order valence-electron chi connectivity index (χ2n) is 4.49. The Kier molecular flexibility index (Phi) is 4.10. The molecule has 4 heteroatoms. The van der Waals surface area contributed by atoms with Gasteiger partial charge in [0.2, 0.25) is 0 Å². The third-order valence-corrected chi connectivity index (χ3v) is 3.10. The summed E-state index contributed by atoms with van der Waals surface area (Å²) in [6, 6.07) is 6.34. The number of hydrogen-bond donors (Lipinski definition) is 1. The number of aliphatic hydroxyl groups is 1. The van der Waals surface area contributed by atoms with E-state index in [-0.39, 0.29) is 18.3 Å². The van der Waals surface area contributed by atoms with E-state index in [4.69, 9.17) is 0 Å². The number of aliphatic hydroxyl groups excluding tert-OH is 1. The number of halogens is 1. The summed E-state index contributed by atoms with van der Waals surface area (Å²) in [4.78, 5) is 0. The van der Waals surface area contributed by atoms with Gasteiger partial charge in [-0.3, -0.25) is 4.68 Å². The number of nitrogens with zero attached hydrogens (tertiary/aromatic N) is 2. The van der Waals surface area contributed by atoms with Crippen molar-refractivity contribution in [2.75, 3.05) is 6.61 Å². The van der Waals surface area contributed by atoms with Crippen LogP contribution in [-0.2, 0) is 13.5 Å². The Morgan fingerprint density at radius 3 is 2.61 bits per heavy atom. The Balaban J connectivity index is 1.99. The summed E-state index contributed by atoms with van der Waals surface area (Å²) in [5.74, 6) is -0.200. The van der Waals surface area contributed by atoms with Gasteiger partial charge < -0.3 is 5.11 Å². The van der Waals surface area contributed by atoms with Crippen molar-refractivity contribution in [3.8, 4) is 0 Å². The molecule has 0 aliphatic rings. The topological polar surface area (TPSA) is 38.0 Å². The van der Waals surface area contributed by atoms with Gasteiger partial charge in [-0.15, -0.1) is 0 Å². The molecule has 1 heterocycles. The molecule has 1 atom stereocenters. The fourth-order valence-electron chi connectivity index (χ4n) is 2.04. The zero-order chi connectivity index (χ0) is 13.0. The molecule has 1 N–H and O–H groups in total. The molecule has 0 saturated heterocycles. The van der Waals surface area contributed by atoms with E-state index in [0.29, 0.717) is 0 Å². The minimum atomic E-state index is -0.248. The first-order valence-electron chi connectivity index (χ1n) is 6.03. The van der Waals surface area contributed by atoms with E-state index in [1.54, 1.807) is 16.8 Å². The van der Waals surface area contributed by atoms with Crippen molar-refractivity contribution in [1.29, 1.82) is 0 Å². The molecule has 0 amide bonds. The minimum absolute atomic E-state index is 0.0470. The monoisotopic (exact) mass is 248 g/mol. The van der Waals surface area contributed by atoms with Crippen LogP contribution in [0, 0.1) is 5.82 Å². The van der Waals surface area contributed by atoms with Gasteiger partial charge in [0, 0.05) is 25.8 Å². The highest BCUT2D eigenvalue weighted by molar-refractivity contribution is 5.21. The zero-order valence-corrected chi connectivity index (χ0v) is 10.4. The molecule has 3 nitrogen and oxygen atoms in total. The Bertz CT molecular complexity index is 493. The Morgan fingerprint density at radius 1 is 1.33 bits per heavy atom. The van der Waals surface area contributed by atoms with Crippen LogP contribution in [0.15, 0.2) is 36.7 Å². The van der Waals surface area contributed by atoms with E-state index >= 15 is 0 Å². The normalized spacial score (nSPS) is 12.6. The predicted octanol–water partition coefficient (Wildman–Crippen LogP) is 2.27. The fraction of sp³-hybridized carbons (Fsp3) is 0.357. The molecule has 1 aromatic heterocycles. The first kappa shape index (κ1) is 12.8. The van der Waals surface area contributed by atoms with Crippen molar-refractivity contribution < 1.29 is 9.50 Å². The van der Waals surface area contributed by atoms with Gasteiger partial charge in [0.05, 0.1) is 6.20 Å². The van der Waals surface area contributed by atoms with Crippen LogP contribution in [0.4, 0.5) is 4.39 Å². The number of aromatic nitrogens is 2. The molecular weight excluding hydrogens is 231 g/mol. The highest BCUT2D eigenvalue weighted by atomic mass is 19.1. The molecule has 2 aromatic rings. The van der Waals surface area contributed by atoms with Gasteiger partial charge in [-0.25, -0.2) is 4.39 Å². The van der Waals surface area contributed by atoms with Crippen LogP contribution in [0.1, 0.15) is 23.5 Å². The standard InChI is InChI=1S/C14H17FN2O/c1-17-9-11(8-16-17)2-3-13(10-18)12-4-6-14(15)7-5-12/h4-9,13,18H,2-3,10H2,1H3. The van der Waals surface area contributed by atoms with Crippen molar-refractivity contribution >= 4 is 0 Å². The molecule has 18 heavy (non-hydrogen) atoms. The second-order valence-corrected chi connectivity index (χ2v) is 4.49. The maximum absolute atomic E-state index is 12.8. The van der Waals surface area contributed by atoms with Crippen LogP contribution in [0.2, 0.25) is 0 Å². The van der Waals surface area contributed by atoms with E-state index in [1.807, 2.05) is 19.4 Å². The largest absolute Gasteiger partial charge is 0.396 e. The summed E-state index contributed by atoms with van der Waals surface area (Å²) < 4.78 is 14.6. The van der Waals surface area contributed by atoms with Crippen molar-refractivity contribution in [3.63, 3.8) is 0 Å². The smallest absolute Gasteiger partial charge is 0.123 e. The summed E-state index contributed by atoms with van der Waals surface area (Å²) in [5.41, 5.74) is 2.13. The molecule has 2 rings (SSSR count). The lowest BCUT2D eigenvalue weighted by atomic mass is 9.94. The summed E-state index contributed by atoms with van der Waals surface area (Å²) in [6.45, 7) is 0.0753. The number of benzene rings is 1. The summed E-state index contributed by atoms with van der Waals surface area (Å²) >= 11 is 0. The van der Waals surface area contributed by atoms with Gasteiger partial charge in [0.1, 0.15) is 5.82 Å². The van der Waals surface area contributed by atoms with E-state index in [1.165, 1.54) is 12.1 Å².